The Labute approximate surface area is 232 Å². The molecule has 7 rings (SSSR count). The quantitative estimate of drug-likeness (QED) is 0.163. The maximum absolute atomic E-state index is 13.2. The summed E-state index contributed by atoms with van der Waals surface area (Å²) in [6.45, 7) is -0.658. The van der Waals surface area contributed by atoms with Crippen molar-refractivity contribution in [2.45, 2.75) is 0 Å². The molecule has 0 bridgehead atoms. The standard InChI is InChI=1S/C26H12Cl4N4O4/c27-11-1-7-15-8(24(36)33(5-31)23(7)35)2-13(29)19-20-14(30)4-10-16-9(25(37)34(6-32)26(10)38)3-12(28)18(22(16)20)17(11)21(15)19/h1-4H,5-6,31-32H2. The second-order valence-corrected chi connectivity index (χ2v) is 10.7. The highest BCUT2D eigenvalue weighted by molar-refractivity contribution is 6.56. The normalized spacial score (nSPS) is 15.4. The fraction of sp³-hybridized carbons (Fsp3) is 0.0769. The van der Waals surface area contributed by atoms with Crippen molar-refractivity contribution in [2.24, 2.45) is 11.5 Å². The van der Waals surface area contributed by atoms with Gasteiger partial charge in [-0.15, -0.1) is 0 Å². The van der Waals surface area contributed by atoms with Crippen LogP contribution in [-0.4, -0.2) is 46.8 Å². The van der Waals surface area contributed by atoms with Crippen molar-refractivity contribution in [1.29, 1.82) is 0 Å². The molecule has 2 heterocycles. The van der Waals surface area contributed by atoms with Crippen LogP contribution in [0, 0.1) is 0 Å². The summed E-state index contributed by atoms with van der Waals surface area (Å²) in [5, 5.41) is 3.78. The highest BCUT2D eigenvalue weighted by Gasteiger charge is 2.38. The highest BCUT2D eigenvalue weighted by Crippen LogP contribution is 2.53. The van der Waals surface area contributed by atoms with E-state index >= 15 is 0 Å². The number of halogens is 4. The van der Waals surface area contributed by atoms with Crippen molar-refractivity contribution < 1.29 is 19.2 Å². The molecule has 38 heavy (non-hydrogen) atoms. The smallest absolute Gasteiger partial charge is 0.262 e. The van der Waals surface area contributed by atoms with Gasteiger partial charge < -0.3 is 11.5 Å². The number of rotatable bonds is 2. The van der Waals surface area contributed by atoms with E-state index in [9.17, 15) is 19.2 Å². The Kier molecular flexibility index (Phi) is 4.81. The van der Waals surface area contributed by atoms with E-state index in [0.717, 1.165) is 9.80 Å². The lowest BCUT2D eigenvalue weighted by atomic mass is 9.82. The first-order chi connectivity index (χ1) is 18.1. The molecule has 0 atom stereocenters. The number of hydrogen-bond donors (Lipinski definition) is 2. The second-order valence-electron chi connectivity index (χ2n) is 9.07. The van der Waals surface area contributed by atoms with Gasteiger partial charge in [-0.1, -0.05) is 46.4 Å². The molecule has 0 radical (unpaired) electrons. The number of amides is 4. The minimum atomic E-state index is -0.599. The molecule has 0 saturated heterocycles. The molecule has 2 aliphatic heterocycles. The van der Waals surface area contributed by atoms with Crippen molar-refractivity contribution in [3.05, 3.63) is 66.6 Å². The van der Waals surface area contributed by atoms with Gasteiger partial charge in [-0.25, -0.2) is 0 Å². The van der Waals surface area contributed by atoms with Crippen LogP contribution in [-0.2, 0) is 0 Å². The van der Waals surface area contributed by atoms with Crippen LogP contribution in [0.15, 0.2) is 24.3 Å². The number of carbonyl (C=O) groups excluding carboxylic acids is 4. The number of nitrogens with two attached hydrogens (primary N) is 2. The third-order valence-corrected chi connectivity index (χ3v) is 8.58. The molecule has 188 valence electrons. The first kappa shape index (κ1) is 23.8. The van der Waals surface area contributed by atoms with Gasteiger partial charge in [0.25, 0.3) is 23.6 Å². The van der Waals surface area contributed by atoms with Gasteiger partial charge in [0.1, 0.15) is 0 Å². The molecule has 0 saturated carbocycles. The van der Waals surface area contributed by atoms with E-state index in [0.29, 0.717) is 43.1 Å². The molecule has 0 aromatic heterocycles. The second kappa shape index (κ2) is 7.66. The van der Waals surface area contributed by atoms with Crippen molar-refractivity contribution in [2.75, 3.05) is 13.3 Å². The third kappa shape index (κ3) is 2.60. The molecular weight excluding hydrogens is 574 g/mol. The van der Waals surface area contributed by atoms with E-state index < -0.39 is 23.6 Å². The van der Waals surface area contributed by atoms with Crippen LogP contribution in [0.1, 0.15) is 41.4 Å². The van der Waals surface area contributed by atoms with Gasteiger partial charge in [-0.3, -0.25) is 29.0 Å². The van der Waals surface area contributed by atoms with Gasteiger partial charge in [-0.05, 0) is 24.3 Å². The first-order valence-electron chi connectivity index (χ1n) is 11.2. The Morgan fingerprint density at radius 2 is 0.684 bits per heavy atom. The monoisotopic (exact) mass is 584 g/mol. The van der Waals surface area contributed by atoms with Crippen LogP contribution in [0.5, 0.6) is 0 Å². The van der Waals surface area contributed by atoms with Crippen LogP contribution in [0.2, 0.25) is 20.1 Å². The molecule has 5 aromatic rings. The van der Waals surface area contributed by atoms with Crippen LogP contribution in [0.4, 0.5) is 0 Å². The van der Waals surface area contributed by atoms with Crippen molar-refractivity contribution in [3.63, 3.8) is 0 Å². The summed E-state index contributed by atoms with van der Waals surface area (Å²) in [5.74, 6) is -2.40. The Morgan fingerprint density at radius 3 is 0.895 bits per heavy atom. The molecule has 4 N–H and O–H groups in total. The summed E-state index contributed by atoms with van der Waals surface area (Å²) in [6.07, 6.45) is 0. The van der Waals surface area contributed by atoms with Crippen molar-refractivity contribution >= 4 is 113 Å². The van der Waals surface area contributed by atoms with E-state index in [1.807, 2.05) is 0 Å². The molecule has 4 amide bonds. The Bertz CT molecular complexity index is 1760. The fourth-order valence-corrected chi connectivity index (χ4v) is 7.08. The Balaban J connectivity index is 1.83. The number of fused-ring (bicyclic) bond motifs is 2. The van der Waals surface area contributed by atoms with E-state index in [1.165, 1.54) is 24.3 Å². The maximum atomic E-state index is 13.2. The van der Waals surface area contributed by atoms with Crippen molar-refractivity contribution in [3.8, 4) is 0 Å². The zero-order chi connectivity index (χ0) is 26.9. The zero-order valence-corrected chi connectivity index (χ0v) is 21.9. The average molecular weight is 586 g/mol. The minimum Gasteiger partial charge on any atom is -0.313 e. The summed E-state index contributed by atoms with van der Waals surface area (Å²) in [7, 11) is 0. The fourth-order valence-electron chi connectivity index (χ4n) is 5.89. The van der Waals surface area contributed by atoms with E-state index in [1.54, 1.807) is 0 Å². The minimum absolute atomic E-state index is 0.156. The molecular formula is C26H12Cl4N4O4. The van der Waals surface area contributed by atoms with Gasteiger partial charge in [0.05, 0.1) is 35.6 Å². The van der Waals surface area contributed by atoms with Crippen LogP contribution in [0.3, 0.4) is 0 Å². The van der Waals surface area contributed by atoms with E-state index in [4.69, 9.17) is 57.9 Å². The average Bonchev–Trinajstić information content (AvgIpc) is 2.88. The summed E-state index contributed by atoms with van der Waals surface area (Å²) in [6, 6.07) is 5.84. The lowest BCUT2D eigenvalue weighted by Gasteiger charge is -2.30. The molecule has 5 aromatic carbocycles. The molecule has 0 fully saturated rings. The summed E-state index contributed by atoms with van der Waals surface area (Å²) in [5.41, 5.74) is 12.1. The van der Waals surface area contributed by atoms with Crippen LogP contribution in [0.25, 0.3) is 43.1 Å². The number of imide groups is 2. The molecule has 0 aliphatic carbocycles. The molecule has 12 heteroatoms. The number of benzene rings is 5. The number of hydrogen-bond acceptors (Lipinski definition) is 6. The zero-order valence-electron chi connectivity index (χ0n) is 18.9. The first-order valence-corrected chi connectivity index (χ1v) is 12.7. The Morgan fingerprint density at radius 1 is 0.447 bits per heavy atom. The lowest BCUT2D eigenvalue weighted by molar-refractivity contribution is 0.0599. The van der Waals surface area contributed by atoms with E-state index in [-0.39, 0.29) is 55.7 Å². The van der Waals surface area contributed by atoms with Crippen LogP contribution < -0.4 is 11.5 Å². The predicted octanol–water partition coefficient (Wildman–Crippen LogP) is 5.38. The SMILES string of the molecule is NCN1C(=O)c2cc(Cl)c3c4c(Cl)cc5c6c(cc(Cl)c(c7c(Cl)cc(c2c37)C1=O)c64)C(=O)N(CN)C5=O. The van der Waals surface area contributed by atoms with Gasteiger partial charge in [0.2, 0.25) is 0 Å². The van der Waals surface area contributed by atoms with Gasteiger partial charge in [-0.2, -0.15) is 0 Å². The topological polar surface area (TPSA) is 127 Å². The third-order valence-electron chi connectivity index (χ3n) is 7.38. The van der Waals surface area contributed by atoms with E-state index in [2.05, 4.69) is 0 Å². The summed E-state index contributed by atoms with van der Waals surface area (Å²) in [4.78, 5) is 54.8. The van der Waals surface area contributed by atoms with Gasteiger partial charge in [0, 0.05) is 63.2 Å². The van der Waals surface area contributed by atoms with Crippen molar-refractivity contribution in [1.82, 2.24) is 9.80 Å². The molecule has 0 unspecified atom stereocenters. The number of nitrogens with zero attached hydrogens (tertiary/aromatic N) is 2. The molecule has 2 aliphatic rings. The molecule has 0 spiro atoms. The largest absolute Gasteiger partial charge is 0.313 e. The Hall–Kier alpha value is -3.24. The summed E-state index contributed by atoms with van der Waals surface area (Å²) >= 11 is 27.3. The predicted molar refractivity (Wildman–Crippen MR) is 147 cm³/mol. The highest BCUT2D eigenvalue weighted by atomic mass is 35.5. The number of carbonyl (C=O) groups is 4. The van der Waals surface area contributed by atoms with Gasteiger partial charge >= 0.3 is 0 Å². The maximum Gasteiger partial charge on any atom is 0.262 e. The van der Waals surface area contributed by atoms with Gasteiger partial charge in [0.15, 0.2) is 0 Å². The lowest BCUT2D eigenvalue weighted by Crippen LogP contribution is -2.43. The summed E-state index contributed by atoms with van der Waals surface area (Å²) < 4.78 is 0. The van der Waals surface area contributed by atoms with Crippen LogP contribution >= 0.6 is 46.4 Å². The molecule has 8 nitrogen and oxygen atoms in total.